The number of benzene rings is 3. The second-order valence-corrected chi connectivity index (χ2v) is 8.78. The number of carbonyl (C=O) groups excluding carboxylic acids is 1. The van der Waals surface area contributed by atoms with Gasteiger partial charge in [-0.15, -0.1) is 10.2 Å². The monoisotopic (exact) mass is 523 g/mol. The Morgan fingerprint density at radius 1 is 1.11 bits per heavy atom. The predicted octanol–water partition coefficient (Wildman–Crippen LogP) is 4.64. The SMILES string of the molecule is CCOc1ccc(-n2c(SCC(=O)N/N=C\c3ccc(O)cc3O)nnc2-c2ccc(Cl)cc2)cc1. The second-order valence-electron chi connectivity index (χ2n) is 7.40. The Morgan fingerprint density at radius 3 is 2.56 bits per heavy atom. The van der Waals surface area contributed by atoms with E-state index in [1.807, 2.05) is 47.9 Å². The van der Waals surface area contributed by atoms with Gasteiger partial charge in [-0.3, -0.25) is 9.36 Å². The van der Waals surface area contributed by atoms with Gasteiger partial charge in [-0.1, -0.05) is 23.4 Å². The summed E-state index contributed by atoms with van der Waals surface area (Å²) in [6.45, 7) is 2.48. The first kappa shape index (κ1) is 25.1. The van der Waals surface area contributed by atoms with Crippen LogP contribution in [0.3, 0.4) is 0 Å². The van der Waals surface area contributed by atoms with Crippen molar-refractivity contribution in [2.24, 2.45) is 5.10 Å². The summed E-state index contributed by atoms with van der Waals surface area (Å²) < 4.78 is 7.40. The van der Waals surface area contributed by atoms with E-state index >= 15 is 0 Å². The molecular weight excluding hydrogens is 502 g/mol. The smallest absolute Gasteiger partial charge is 0.250 e. The Hall–Kier alpha value is -4.02. The van der Waals surface area contributed by atoms with Crippen LogP contribution < -0.4 is 10.2 Å². The Bertz CT molecular complexity index is 1370. The number of nitrogens with zero attached hydrogens (tertiary/aromatic N) is 4. The zero-order chi connectivity index (χ0) is 25.5. The molecule has 0 unspecified atom stereocenters. The maximum atomic E-state index is 12.4. The summed E-state index contributed by atoms with van der Waals surface area (Å²) in [6, 6.07) is 18.8. The largest absolute Gasteiger partial charge is 0.508 e. The van der Waals surface area contributed by atoms with Gasteiger partial charge < -0.3 is 14.9 Å². The van der Waals surface area contributed by atoms with Crippen molar-refractivity contribution in [2.45, 2.75) is 12.1 Å². The van der Waals surface area contributed by atoms with E-state index in [0.29, 0.717) is 28.2 Å². The average molecular weight is 524 g/mol. The van der Waals surface area contributed by atoms with Gasteiger partial charge in [-0.05, 0) is 67.6 Å². The lowest BCUT2D eigenvalue weighted by molar-refractivity contribution is -0.118. The van der Waals surface area contributed by atoms with Gasteiger partial charge in [-0.2, -0.15) is 5.10 Å². The molecule has 0 aliphatic rings. The van der Waals surface area contributed by atoms with E-state index in [-0.39, 0.29) is 23.2 Å². The van der Waals surface area contributed by atoms with E-state index in [2.05, 4.69) is 20.7 Å². The molecular formula is C25H22ClN5O4S. The van der Waals surface area contributed by atoms with Gasteiger partial charge in [0.25, 0.3) is 5.91 Å². The molecule has 0 fully saturated rings. The van der Waals surface area contributed by atoms with Crippen LogP contribution in [0.15, 0.2) is 77.0 Å². The highest BCUT2D eigenvalue weighted by Crippen LogP contribution is 2.29. The number of hydrazone groups is 1. The molecule has 0 radical (unpaired) electrons. The number of halogens is 1. The lowest BCUT2D eigenvalue weighted by Crippen LogP contribution is -2.20. The van der Waals surface area contributed by atoms with Crippen LogP contribution >= 0.6 is 23.4 Å². The van der Waals surface area contributed by atoms with E-state index in [9.17, 15) is 15.0 Å². The van der Waals surface area contributed by atoms with Crippen molar-refractivity contribution in [3.8, 4) is 34.3 Å². The lowest BCUT2D eigenvalue weighted by Gasteiger charge is -2.11. The van der Waals surface area contributed by atoms with E-state index in [1.54, 1.807) is 12.1 Å². The number of hydrogen-bond acceptors (Lipinski definition) is 8. The number of hydrogen-bond donors (Lipinski definition) is 3. The molecule has 4 rings (SSSR count). The van der Waals surface area contributed by atoms with Crippen molar-refractivity contribution < 1.29 is 19.7 Å². The van der Waals surface area contributed by atoms with Gasteiger partial charge >= 0.3 is 0 Å². The van der Waals surface area contributed by atoms with Crippen LogP contribution in [0.5, 0.6) is 17.2 Å². The summed E-state index contributed by atoms with van der Waals surface area (Å²) in [6.07, 6.45) is 1.29. The number of aromatic nitrogens is 3. The number of amides is 1. The van der Waals surface area contributed by atoms with Gasteiger partial charge in [0, 0.05) is 27.9 Å². The summed E-state index contributed by atoms with van der Waals surface area (Å²) in [7, 11) is 0. The zero-order valence-electron chi connectivity index (χ0n) is 19.1. The highest BCUT2D eigenvalue weighted by Gasteiger charge is 2.17. The molecule has 1 amide bonds. The van der Waals surface area contributed by atoms with Gasteiger partial charge in [0.1, 0.15) is 17.2 Å². The highest BCUT2D eigenvalue weighted by molar-refractivity contribution is 7.99. The molecule has 0 bridgehead atoms. The highest BCUT2D eigenvalue weighted by atomic mass is 35.5. The quantitative estimate of drug-likeness (QED) is 0.166. The van der Waals surface area contributed by atoms with E-state index < -0.39 is 0 Å². The minimum atomic E-state index is -0.371. The van der Waals surface area contributed by atoms with Crippen LogP contribution in [0.4, 0.5) is 0 Å². The standard InChI is InChI=1S/C25H22ClN5O4S/c1-2-35-21-11-8-19(9-12-21)31-24(16-3-6-18(26)7-4-16)29-30-25(31)36-15-23(34)28-27-14-17-5-10-20(32)13-22(17)33/h3-14,32-33H,2,15H2,1H3,(H,28,34)/b27-14-. The number of nitrogens with one attached hydrogen (secondary N) is 1. The average Bonchev–Trinajstić information content (AvgIpc) is 3.29. The number of aromatic hydroxyl groups is 2. The Balaban J connectivity index is 1.52. The van der Waals surface area contributed by atoms with Crippen LogP contribution in [-0.4, -0.2) is 49.5 Å². The minimum absolute atomic E-state index is 0.0225. The maximum absolute atomic E-state index is 12.4. The molecule has 184 valence electrons. The van der Waals surface area contributed by atoms with Crippen LogP contribution in [0.25, 0.3) is 17.1 Å². The molecule has 0 aliphatic carbocycles. The van der Waals surface area contributed by atoms with Gasteiger partial charge in [0.15, 0.2) is 11.0 Å². The Kier molecular flexibility index (Phi) is 8.09. The molecule has 11 heteroatoms. The summed E-state index contributed by atoms with van der Waals surface area (Å²) >= 11 is 7.25. The van der Waals surface area contributed by atoms with Gasteiger partial charge in [0.2, 0.25) is 0 Å². The number of phenols is 2. The molecule has 1 heterocycles. The molecule has 3 N–H and O–H groups in total. The van der Waals surface area contributed by atoms with Gasteiger partial charge in [0.05, 0.1) is 18.6 Å². The molecule has 3 aromatic carbocycles. The van der Waals surface area contributed by atoms with Crippen LogP contribution in [0.1, 0.15) is 12.5 Å². The lowest BCUT2D eigenvalue weighted by atomic mass is 10.2. The van der Waals surface area contributed by atoms with E-state index in [1.165, 1.54) is 36.2 Å². The fourth-order valence-corrected chi connectivity index (χ4v) is 4.09. The number of phenolic OH excluding ortho intramolecular Hbond substituents is 2. The van der Waals surface area contributed by atoms with Crippen molar-refractivity contribution in [3.63, 3.8) is 0 Å². The molecule has 0 spiro atoms. The number of rotatable bonds is 9. The molecule has 4 aromatic rings. The predicted molar refractivity (Wildman–Crippen MR) is 139 cm³/mol. The van der Waals surface area contributed by atoms with Gasteiger partial charge in [-0.25, -0.2) is 5.43 Å². The number of thioether (sulfide) groups is 1. The first-order chi connectivity index (χ1) is 17.4. The first-order valence-electron chi connectivity index (χ1n) is 10.9. The molecule has 1 aromatic heterocycles. The fraction of sp³-hybridized carbons (Fsp3) is 0.120. The van der Waals surface area contributed by atoms with Crippen molar-refractivity contribution in [1.82, 2.24) is 20.2 Å². The van der Waals surface area contributed by atoms with Crippen LogP contribution in [0, 0.1) is 0 Å². The first-order valence-corrected chi connectivity index (χ1v) is 12.2. The summed E-state index contributed by atoms with van der Waals surface area (Å²) in [5, 5.41) is 32.8. The minimum Gasteiger partial charge on any atom is -0.508 e. The number of ether oxygens (including phenoxy) is 1. The molecule has 0 atom stereocenters. The second kappa shape index (κ2) is 11.6. The van der Waals surface area contributed by atoms with Crippen molar-refractivity contribution in [2.75, 3.05) is 12.4 Å². The molecule has 36 heavy (non-hydrogen) atoms. The third kappa shape index (κ3) is 6.15. The maximum Gasteiger partial charge on any atom is 0.250 e. The normalized spacial score (nSPS) is 11.1. The zero-order valence-corrected chi connectivity index (χ0v) is 20.7. The van der Waals surface area contributed by atoms with Crippen molar-refractivity contribution in [3.05, 3.63) is 77.3 Å². The van der Waals surface area contributed by atoms with E-state index in [4.69, 9.17) is 16.3 Å². The van der Waals surface area contributed by atoms with E-state index in [0.717, 1.165) is 17.0 Å². The third-order valence-corrected chi connectivity index (χ3v) is 6.06. The molecule has 0 saturated carbocycles. The topological polar surface area (TPSA) is 122 Å². The fourth-order valence-electron chi connectivity index (χ4n) is 3.22. The number of carbonyl (C=O) groups is 1. The molecule has 9 nitrogen and oxygen atoms in total. The summed E-state index contributed by atoms with van der Waals surface area (Å²) in [4.78, 5) is 12.4. The molecule has 0 aliphatic heterocycles. The van der Waals surface area contributed by atoms with Crippen molar-refractivity contribution >= 4 is 35.5 Å². The van der Waals surface area contributed by atoms with Crippen LogP contribution in [0.2, 0.25) is 5.02 Å². The Morgan fingerprint density at radius 2 is 1.86 bits per heavy atom. The third-order valence-electron chi connectivity index (χ3n) is 4.88. The summed E-state index contributed by atoms with van der Waals surface area (Å²) in [5.41, 5.74) is 4.38. The Labute approximate surface area is 216 Å². The van der Waals surface area contributed by atoms with Crippen molar-refractivity contribution in [1.29, 1.82) is 0 Å². The van der Waals surface area contributed by atoms with Crippen LogP contribution in [-0.2, 0) is 4.79 Å². The molecule has 0 saturated heterocycles. The summed E-state index contributed by atoms with van der Waals surface area (Å²) in [5.74, 6) is 0.770.